The van der Waals surface area contributed by atoms with E-state index in [-0.39, 0.29) is 5.69 Å². The first-order chi connectivity index (χ1) is 4.24. The maximum absolute atomic E-state index is 10.2. The molecule has 0 unspecified atom stereocenters. The molecule has 3 N–H and O–H groups in total. The zero-order chi connectivity index (χ0) is 6.85. The lowest BCUT2D eigenvalue weighted by atomic mass is 10.5. The van der Waals surface area contributed by atoms with Crippen molar-refractivity contribution in [2.75, 3.05) is 0 Å². The van der Waals surface area contributed by atoms with Gasteiger partial charge in [0.2, 0.25) is 5.88 Å². The molecule has 1 rings (SSSR count). The standard InChI is InChI=1S/C4H4N2O3/c7-1-2-3(8)6-4(9)5-2/h1,8H,(H2,5,6,9). The van der Waals surface area contributed by atoms with Gasteiger partial charge in [-0.2, -0.15) is 0 Å². The lowest BCUT2D eigenvalue weighted by molar-refractivity contribution is 0.111. The van der Waals surface area contributed by atoms with E-state index in [1.807, 2.05) is 4.98 Å². The molecule has 0 aliphatic carbocycles. The smallest absolute Gasteiger partial charge is 0.326 e. The van der Waals surface area contributed by atoms with Crippen LogP contribution in [0.5, 0.6) is 5.88 Å². The largest absolute Gasteiger partial charge is 0.493 e. The molecule has 0 atom stereocenters. The molecule has 0 aliphatic heterocycles. The monoisotopic (exact) mass is 128 g/mol. The Morgan fingerprint density at radius 1 is 1.44 bits per heavy atom. The first kappa shape index (κ1) is 5.61. The van der Waals surface area contributed by atoms with Crippen LogP contribution >= 0.6 is 0 Å². The molecule has 0 saturated carbocycles. The van der Waals surface area contributed by atoms with Crippen molar-refractivity contribution in [2.24, 2.45) is 0 Å². The number of aromatic hydroxyl groups is 1. The summed E-state index contributed by atoms with van der Waals surface area (Å²) in [6.07, 6.45) is 0.354. The average molecular weight is 128 g/mol. The van der Waals surface area contributed by atoms with E-state index < -0.39 is 11.6 Å². The summed E-state index contributed by atoms with van der Waals surface area (Å²) in [6.45, 7) is 0. The summed E-state index contributed by atoms with van der Waals surface area (Å²) in [7, 11) is 0. The number of carbonyl (C=O) groups excluding carboxylic acids is 1. The summed E-state index contributed by atoms with van der Waals surface area (Å²) in [5, 5.41) is 8.61. The summed E-state index contributed by atoms with van der Waals surface area (Å²) in [5.74, 6) is -0.421. The molecule has 5 heteroatoms. The number of carbonyl (C=O) groups is 1. The van der Waals surface area contributed by atoms with Gasteiger partial charge < -0.3 is 10.1 Å². The Labute approximate surface area is 49.3 Å². The Hall–Kier alpha value is -1.52. The Bertz CT molecular complexity index is 272. The second-order valence-electron chi connectivity index (χ2n) is 1.46. The first-order valence-corrected chi connectivity index (χ1v) is 2.20. The fourth-order valence-electron chi connectivity index (χ4n) is 0.473. The predicted molar refractivity (Wildman–Crippen MR) is 28.5 cm³/mol. The van der Waals surface area contributed by atoms with E-state index in [1.165, 1.54) is 0 Å². The van der Waals surface area contributed by atoms with Crippen LogP contribution in [0.3, 0.4) is 0 Å². The highest BCUT2D eigenvalue weighted by molar-refractivity contribution is 5.74. The Morgan fingerprint density at radius 2 is 2.11 bits per heavy atom. The number of imidazole rings is 1. The Morgan fingerprint density at radius 3 is 2.33 bits per heavy atom. The predicted octanol–water partition coefficient (Wildman–Crippen LogP) is -0.779. The minimum absolute atomic E-state index is 0.125. The average Bonchev–Trinajstić information content (AvgIpc) is 2.10. The molecule has 0 aromatic carbocycles. The maximum Gasteiger partial charge on any atom is 0.326 e. The molecule has 0 saturated heterocycles. The van der Waals surface area contributed by atoms with Crippen LogP contribution in [0, 0.1) is 0 Å². The van der Waals surface area contributed by atoms with E-state index in [0.717, 1.165) is 0 Å². The molecule has 0 bridgehead atoms. The SMILES string of the molecule is O=Cc1[nH]c(=O)[nH]c1O. The molecule has 1 aromatic heterocycles. The van der Waals surface area contributed by atoms with Crippen molar-refractivity contribution in [3.8, 4) is 5.88 Å². The van der Waals surface area contributed by atoms with E-state index >= 15 is 0 Å². The van der Waals surface area contributed by atoms with E-state index in [2.05, 4.69) is 4.98 Å². The van der Waals surface area contributed by atoms with E-state index in [4.69, 9.17) is 5.11 Å². The van der Waals surface area contributed by atoms with Gasteiger partial charge >= 0.3 is 5.69 Å². The molecule has 1 aromatic rings. The number of nitrogens with one attached hydrogen (secondary N) is 2. The van der Waals surface area contributed by atoms with Crippen LogP contribution in [0.2, 0.25) is 0 Å². The number of aldehydes is 1. The van der Waals surface area contributed by atoms with Gasteiger partial charge in [0.05, 0.1) is 0 Å². The summed E-state index contributed by atoms with van der Waals surface area (Å²) >= 11 is 0. The minimum atomic E-state index is -0.588. The lowest BCUT2D eigenvalue weighted by Crippen LogP contribution is -2.00. The number of hydrogen-bond donors (Lipinski definition) is 3. The number of aromatic nitrogens is 2. The molecule has 0 radical (unpaired) electrons. The molecule has 0 spiro atoms. The minimum Gasteiger partial charge on any atom is -0.493 e. The fourth-order valence-corrected chi connectivity index (χ4v) is 0.473. The molecule has 0 aliphatic rings. The van der Waals surface area contributed by atoms with Gasteiger partial charge in [0, 0.05) is 0 Å². The van der Waals surface area contributed by atoms with Crippen molar-refractivity contribution >= 4 is 6.29 Å². The van der Waals surface area contributed by atoms with Crippen molar-refractivity contribution in [1.29, 1.82) is 0 Å². The zero-order valence-corrected chi connectivity index (χ0v) is 4.34. The highest BCUT2D eigenvalue weighted by Gasteiger charge is 2.00. The van der Waals surface area contributed by atoms with Crippen LogP contribution in [0.15, 0.2) is 4.79 Å². The van der Waals surface area contributed by atoms with Gasteiger partial charge in [-0.05, 0) is 0 Å². The van der Waals surface area contributed by atoms with Gasteiger partial charge in [0.1, 0.15) is 5.69 Å². The van der Waals surface area contributed by atoms with Crippen molar-refractivity contribution in [3.63, 3.8) is 0 Å². The second-order valence-corrected chi connectivity index (χ2v) is 1.46. The highest BCUT2D eigenvalue weighted by atomic mass is 16.3. The number of hydrogen-bond acceptors (Lipinski definition) is 3. The molecule has 5 nitrogen and oxygen atoms in total. The Kier molecular flexibility index (Phi) is 1.11. The van der Waals surface area contributed by atoms with Crippen molar-refractivity contribution < 1.29 is 9.90 Å². The summed E-state index contributed by atoms with van der Waals surface area (Å²) in [5.41, 5.74) is -0.713. The molecular formula is C4H4N2O3. The maximum atomic E-state index is 10.2. The van der Waals surface area contributed by atoms with Crippen LogP contribution in [0.1, 0.15) is 10.5 Å². The second kappa shape index (κ2) is 1.77. The molecule has 9 heavy (non-hydrogen) atoms. The molecular weight excluding hydrogens is 124 g/mol. The van der Waals surface area contributed by atoms with Gasteiger partial charge in [0.15, 0.2) is 6.29 Å². The van der Waals surface area contributed by atoms with Crippen LogP contribution < -0.4 is 5.69 Å². The van der Waals surface area contributed by atoms with E-state index in [0.29, 0.717) is 6.29 Å². The third-order valence-electron chi connectivity index (χ3n) is 0.853. The fraction of sp³-hybridized carbons (Fsp3) is 0. The third kappa shape index (κ3) is 0.835. The van der Waals surface area contributed by atoms with Crippen molar-refractivity contribution in [3.05, 3.63) is 16.2 Å². The van der Waals surface area contributed by atoms with Gasteiger partial charge in [-0.1, -0.05) is 0 Å². The highest BCUT2D eigenvalue weighted by Crippen LogP contribution is 2.01. The lowest BCUT2D eigenvalue weighted by Gasteiger charge is -1.78. The van der Waals surface area contributed by atoms with Crippen LogP contribution in [0.4, 0.5) is 0 Å². The van der Waals surface area contributed by atoms with Gasteiger partial charge in [-0.25, -0.2) is 4.79 Å². The molecule has 0 amide bonds. The van der Waals surface area contributed by atoms with Crippen molar-refractivity contribution in [1.82, 2.24) is 9.97 Å². The molecule has 48 valence electrons. The van der Waals surface area contributed by atoms with Gasteiger partial charge in [-0.15, -0.1) is 0 Å². The Balaban J connectivity index is 3.31. The van der Waals surface area contributed by atoms with Crippen molar-refractivity contribution in [2.45, 2.75) is 0 Å². The van der Waals surface area contributed by atoms with E-state index in [1.54, 1.807) is 0 Å². The first-order valence-electron chi connectivity index (χ1n) is 2.20. The number of aromatic amines is 2. The molecule has 1 heterocycles. The van der Waals surface area contributed by atoms with Crippen LogP contribution in [0.25, 0.3) is 0 Å². The van der Waals surface area contributed by atoms with Crippen LogP contribution in [-0.2, 0) is 0 Å². The third-order valence-corrected chi connectivity index (χ3v) is 0.853. The quantitative estimate of drug-likeness (QED) is 0.433. The van der Waals surface area contributed by atoms with Gasteiger partial charge in [0.25, 0.3) is 0 Å². The normalized spacial score (nSPS) is 9.33. The summed E-state index contributed by atoms with van der Waals surface area (Å²) in [6, 6.07) is 0. The topological polar surface area (TPSA) is 86.0 Å². The molecule has 0 fully saturated rings. The van der Waals surface area contributed by atoms with Crippen LogP contribution in [-0.4, -0.2) is 21.4 Å². The zero-order valence-electron chi connectivity index (χ0n) is 4.34. The summed E-state index contributed by atoms with van der Waals surface area (Å²) in [4.78, 5) is 24.2. The van der Waals surface area contributed by atoms with E-state index in [9.17, 15) is 9.59 Å². The number of H-pyrrole nitrogens is 2. The van der Waals surface area contributed by atoms with Gasteiger partial charge in [-0.3, -0.25) is 9.78 Å². The number of rotatable bonds is 1. The summed E-state index contributed by atoms with van der Waals surface area (Å²) < 4.78 is 0.